The molecule has 0 aliphatic rings. The maximum absolute atomic E-state index is 6.79. The molecule has 2 nitrogen and oxygen atoms in total. The van der Waals surface area contributed by atoms with Crippen LogP contribution in [0, 0.1) is 0 Å². The van der Waals surface area contributed by atoms with Gasteiger partial charge in [0, 0.05) is 0 Å². The fourth-order valence-corrected chi connectivity index (χ4v) is 29.2. The summed E-state index contributed by atoms with van der Waals surface area (Å²) < 4.78 is 10.7. The third-order valence-corrected chi connectivity index (χ3v) is 24.9. The van der Waals surface area contributed by atoms with E-state index in [1.165, 1.54) is 6.92 Å². The van der Waals surface area contributed by atoms with Crippen LogP contribution in [0.4, 0.5) is 0 Å². The molecule has 1 unspecified atom stereocenters. The Morgan fingerprint density at radius 1 is 0.677 bits per heavy atom. The van der Waals surface area contributed by atoms with Crippen LogP contribution < -0.4 is 15.6 Å². The van der Waals surface area contributed by atoms with Crippen LogP contribution in [0.1, 0.15) is 6.92 Å². The number of benzene rings is 3. The Hall–Kier alpha value is 0.160. The molecule has 0 aromatic heterocycles. The third kappa shape index (κ3) is 6.39. The molecule has 1 atom stereocenters. The molecule has 3 aromatic rings. The van der Waals surface area contributed by atoms with Crippen LogP contribution >= 0.6 is 63.9 Å². The maximum atomic E-state index is 6.79. The summed E-state index contributed by atoms with van der Waals surface area (Å²) in [6.07, 6.45) is -0.993. The van der Waals surface area contributed by atoms with Crippen molar-refractivity contribution in [2.45, 2.75) is 16.8 Å². The summed E-state index contributed by atoms with van der Waals surface area (Å²) in [5.41, 5.74) is 0. The zero-order chi connectivity index (χ0) is 22.8. The van der Waals surface area contributed by atoms with E-state index in [0.717, 1.165) is 15.6 Å². The Kier molecular flexibility index (Phi) is 8.15. The van der Waals surface area contributed by atoms with E-state index in [0.29, 0.717) is 0 Å². The van der Waals surface area contributed by atoms with E-state index in [-0.39, 0.29) is 0 Å². The van der Waals surface area contributed by atoms with Crippen LogP contribution in [0.25, 0.3) is 0 Å². The van der Waals surface area contributed by atoms with Gasteiger partial charge in [0.25, 0.3) is 0 Å². The number of hydrogen-bond acceptors (Lipinski definition) is 2. The Labute approximate surface area is 212 Å². The number of rotatable bonds is 7. The standard InChI is InChI=1S/C18H15OSi.C3H4Cl3O.3ClH.Zn/c19-20(16-10-4-1-5-11-16,17-12-6-2-7-13-17)18-14-8-3-9-15-18;1-2(7)3(4,5)6;;;;/h1-15H;2H,1H3;3*1H;/q2*-1;;;;+5/p-3. The van der Waals surface area contributed by atoms with Crippen LogP contribution in [0.2, 0.25) is 0 Å². The molecule has 163 valence electrons. The van der Waals surface area contributed by atoms with Gasteiger partial charge in [-0.25, -0.2) is 0 Å². The van der Waals surface area contributed by atoms with Gasteiger partial charge in [-0.05, 0) is 0 Å². The molecule has 0 saturated carbocycles. The molecule has 0 radical (unpaired) electrons. The first-order valence-electron chi connectivity index (χ1n) is 9.73. The summed E-state index contributed by atoms with van der Waals surface area (Å²) in [7, 11) is 17.1. The van der Waals surface area contributed by atoms with Crippen LogP contribution in [0.3, 0.4) is 0 Å². The first kappa shape index (κ1) is 25.8. The van der Waals surface area contributed by atoms with Gasteiger partial charge in [0.05, 0.1) is 0 Å². The number of hydrogen-bond donors (Lipinski definition) is 0. The Morgan fingerprint density at radius 3 is 1.29 bits per heavy atom. The monoisotopic (exact) mass is 605 g/mol. The quantitative estimate of drug-likeness (QED) is 0.175. The van der Waals surface area contributed by atoms with Gasteiger partial charge in [0.15, 0.2) is 0 Å². The first-order valence-corrected chi connectivity index (χ1v) is 26.9. The van der Waals surface area contributed by atoms with Crippen molar-refractivity contribution in [3.8, 4) is 0 Å². The molecule has 0 aliphatic heterocycles. The summed E-state index contributed by atoms with van der Waals surface area (Å²) in [5, 5.41) is 2.71. The van der Waals surface area contributed by atoms with E-state index in [1.807, 2.05) is 91.0 Å². The Bertz CT molecular complexity index is 898. The molecule has 0 amide bonds. The SMILES string of the molecule is CC([O][Zn]([Cl])([Cl])([Cl])[O][Si](c1ccccc1)(c1ccccc1)c1ccccc1)C(Cl)(Cl)Cl. The minimum absolute atomic E-state index is 0.904. The molecule has 3 rings (SSSR count). The molecule has 10 heteroatoms. The summed E-state index contributed by atoms with van der Waals surface area (Å²) in [6, 6.07) is 29.2. The molecule has 31 heavy (non-hydrogen) atoms. The summed E-state index contributed by atoms with van der Waals surface area (Å²) in [5.74, 6) is 0. The van der Waals surface area contributed by atoms with E-state index in [1.54, 1.807) is 0 Å². The second-order valence-corrected chi connectivity index (χ2v) is 39.5. The van der Waals surface area contributed by atoms with Crippen LogP contribution in [-0.2, 0) is 18.2 Å². The molecule has 0 spiro atoms. The second-order valence-electron chi connectivity index (χ2n) is 7.35. The summed E-state index contributed by atoms with van der Waals surface area (Å²) in [6.45, 7) is 1.54. The van der Waals surface area contributed by atoms with Crippen molar-refractivity contribution in [1.82, 2.24) is 0 Å². The van der Waals surface area contributed by atoms with Gasteiger partial charge in [-0.2, -0.15) is 0 Å². The van der Waals surface area contributed by atoms with Crippen LogP contribution in [0.5, 0.6) is 0 Å². The molecule has 0 saturated heterocycles. The van der Waals surface area contributed by atoms with Gasteiger partial charge in [0.1, 0.15) is 0 Å². The van der Waals surface area contributed by atoms with Gasteiger partial charge in [-0.3, -0.25) is 0 Å². The van der Waals surface area contributed by atoms with Crippen LogP contribution in [-0.4, -0.2) is 18.2 Å². The van der Waals surface area contributed by atoms with Crippen molar-refractivity contribution in [3.63, 3.8) is 0 Å². The third-order valence-electron chi connectivity index (χ3n) is 4.95. The van der Waals surface area contributed by atoms with Crippen molar-refractivity contribution in [1.29, 1.82) is 0 Å². The zero-order valence-electron chi connectivity index (χ0n) is 16.5. The van der Waals surface area contributed by atoms with Gasteiger partial charge < -0.3 is 0 Å². The van der Waals surface area contributed by atoms with Gasteiger partial charge in [0.2, 0.25) is 0 Å². The minimum atomic E-state index is -5.99. The molecule has 0 N–H and O–H groups in total. The molecular weight excluding hydrogens is 590 g/mol. The number of alkyl halides is 3. The Balaban J connectivity index is 2.26. The van der Waals surface area contributed by atoms with Crippen molar-refractivity contribution < 1.29 is 18.2 Å². The average Bonchev–Trinajstić information content (AvgIpc) is 2.72. The zero-order valence-corrected chi connectivity index (χ0v) is 25.0. The van der Waals surface area contributed by atoms with Crippen molar-refractivity contribution in [2.24, 2.45) is 0 Å². The van der Waals surface area contributed by atoms with Gasteiger partial charge in [-0.15, -0.1) is 0 Å². The molecular formula is C21H19Cl6O2SiZn. The van der Waals surface area contributed by atoms with Crippen molar-refractivity contribution in [2.75, 3.05) is 0 Å². The molecule has 0 fully saturated rings. The first-order chi connectivity index (χ1) is 14.4. The second kappa shape index (κ2) is 9.80. The van der Waals surface area contributed by atoms with E-state index >= 15 is 0 Å². The molecule has 0 aliphatic carbocycles. The topological polar surface area (TPSA) is 18.5 Å². The predicted molar refractivity (Wildman–Crippen MR) is 133 cm³/mol. The van der Waals surface area contributed by atoms with Gasteiger partial charge >= 0.3 is 214 Å². The van der Waals surface area contributed by atoms with E-state index in [4.69, 9.17) is 70.7 Å². The van der Waals surface area contributed by atoms with E-state index in [9.17, 15) is 0 Å². The predicted octanol–water partition coefficient (Wildman–Crippen LogP) is 6.43. The van der Waals surface area contributed by atoms with Crippen LogP contribution in [0.15, 0.2) is 91.0 Å². The Morgan fingerprint density at radius 2 is 1.00 bits per heavy atom. The van der Waals surface area contributed by atoms with Crippen molar-refractivity contribution in [3.05, 3.63) is 91.0 Å². The average molecular weight is 610 g/mol. The van der Waals surface area contributed by atoms with E-state index < -0.39 is 29.6 Å². The summed E-state index contributed by atoms with van der Waals surface area (Å²) >= 11 is 12.0. The van der Waals surface area contributed by atoms with Crippen molar-refractivity contribution >= 4 is 87.8 Å². The normalized spacial score (nSPS) is 14.3. The molecule has 3 aromatic carbocycles. The fourth-order valence-electron chi connectivity index (χ4n) is 3.62. The van der Waals surface area contributed by atoms with Gasteiger partial charge in [-0.1, -0.05) is 0 Å². The molecule has 0 heterocycles. The summed E-state index contributed by atoms with van der Waals surface area (Å²) in [4.78, 5) is 0. The fraction of sp³-hybridized carbons (Fsp3) is 0.143. The van der Waals surface area contributed by atoms with E-state index in [2.05, 4.69) is 0 Å². The molecule has 0 bridgehead atoms. The number of halogens is 6.